The number of rotatable bonds is 8. The molecule has 0 saturated heterocycles. The fourth-order valence-electron chi connectivity index (χ4n) is 2.41. The average molecular weight is 260 g/mol. The number of hydrogen-bond acceptors (Lipinski definition) is 2. The number of nitrogens with zero attached hydrogens (tertiary/aromatic N) is 1. The largest absolute Gasteiger partial charge is 0.314 e. The molecule has 0 aliphatic heterocycles. The molecule has 1 aromatic rings. The van der Waals surface area contributed by atoms with Gasteiger partial charge in [0.05, 0.1) is 0 Å². The summed E-state index contributed by atoms with van der Waals surface area (Å²) in [6.45, 7) is 10.1. The summed E-state index contributed by atoms with van der Waals surface area (Å²) in [5.74, 6) is 0. The summed E-state index contributed by atoms with van der Waals surface area (Å²) in [4.78, 5) is 2.49. The van der Waals surface area contributed by atoms with Crippen LogP contribution in [0.4, 0.5) is 0 Å². The summed E-state index contributed by atoms with van der Waals surface area (Å²) in [5.41, 5.74) is 2.87. The van der Waals surface area contributed by atoms with Crippen molar-refractivity contribution in [1.29, 1.82) is 0 Å². The van der Waals surface area contributed by atoms with Crippen LogP contribution in [-0.2, 0) is 13.0 Å². The van der Waals surface area contributed by atoms with Gasteiger partial charge in [0.15, 0.2) is 0 Å². The highest BCUT2D eigenvalue weighted by atomic mass is 15.1. The maximum atomic E-state index is 3.57. The molecule has 1 N–H and O–H groups in total. The van der Waals surface area contributed by atoms with Crippen molar-refractivity contribution in [2.75, 3.05) is 13.1 Å². The van der Waals surface area contributed by atoms with Crippen LogP contribution in [0.2, 0.25) is 0 Å². The first-order chi connectivity index (χ1) is 9.19. The van der Waals surface area contributed by atoms with E-state index in [0.717, 1.165) is 32.1 Å². The molecule has 0 radical (unpaired) electrons. The van der Waals surface area contributed by atoms with Gasteiger partial charge in [0.2, 0.25) is 0 Å². The van der Waals surface area contributed by atoms with Crippen molar-refractivity contribution in [3.8, 4) is 0 Å². The normalized spacial score (nSPS) is 15.4. The van der Waals surface area contributed by atoms with Crippen molar-refractivity contribution < 1.29 is 0 Å². The summed E-state index contributed by atoms with van der Waals surface area (Å²) in [6.07, 6.45) is 3.90. The summed E-state index contributed by atoms with van der Waals surface area (Å²) in [5, 5.41) is 3.57. The Labute approximate surface area is 118 Å². The lowest BCUT2D eigenvalue weighted by Crippen LogP contribution is -2.29. The van der Waals surface area contributed by atoms with Gasteiger partial charge in [-0.05, 0) is 57.3 Å². The van der Waals surface area contributed by atoms with E-state index in [2.05, 4.69) is 55.3 Å². The lowest BCUT2D eigenvalue weighted by atomic mass is 10.1. The van der Waals surface area contributed by atoms with Crippen LogP contribution in [0.3, 0.4) is 0 Å². The van der Waals surface area contributed by atoms with Crippen molar-refractivity contribution in [3.63, 3.8) is 0 Å². The van der Waals surface area contributed by atoms with E-state index < -0.39 is 0 Å². The molecule has 0 spiro atoms. The van der Waals surface area contributed by atoms with Gasteiger partial charge >= 0.3 is 0 Å². The molecular formula is C17H28N2. The summed E-state index contributed by atoms with van der Waals surface area (Å²) >= 11 is 0. The van der Waals surface area contributed by atoms with E-state index in [1.54, 1.807) is 0 Å². The molecule has 1 saturated carbocycles. The fraction of sp³-hybridized carbons (Fsp3) is 0.647. The minimum atomic E-state index is 0.618. The number of hydrogen-bond donors (Lipinski definition) is 1. The zero-order chi connectivity index (χ0) is 13.7. The summed E-state index contributed by atoms with van der Waals surface area (Å²) in [6, 6.07) is 10.6. The monoisotopic (exact) mass is 260 g/mol. The topological polar surface area (TPSA) is 15.3 Å². The van der Waals surface area contributed by atoms with E-state index in [-0.39, 0.29) is 0 Å². The van der Waals surface area contributed by atoms with E-state index in [1.165, 1.54) is 24.0 Å². The molecule has 1 aliphatic rings. The van der Waals surface area contributed by atoms with Crippen LogP contribution in [0, 0.1) is 0 Å². The Morgan fingerprint density at radius 1 is 1.16 bits per heavy atom. The van der Waals surface area contributed by atoms with E-state index in [1.807, 2.05) is 0 Å². The van der Waals surface area contributed by atoms with Crippen LogP contribution < -0.4 is 5.32 Å². The molecule has 2 heteroatoms. The Morgan fingerprint density at radius 2 is 1.79 bits per heavy atom. The Morgan fingerprint density at radius 3 is 2.32 bits per heavy atom. The Hall–Kier alpha value is -0.860. The van der Waals surface area contributed by atoms with Crippen LogP contribution in [0.25, 0.3) is 0 Å². The minimum absolute atomic E-state index is 0.618. The first kappa shape index (κ1) is 14.5. The Bertz CT molecular complexity index is 365. The lowest BCUT2D eigenvalue weighted by Gasteiger charge is -2.24. The van der Waals surface area contributed by atoms with E-state index >= 15 is 0 Å². The SMILES string of the molecule is CCN(Cc1ccc(CCNC2CC2)cc1)C(C)C. The van der Waals surface area contributed by atoms with Gasteiger partial charge in [0.1, 0.15) is 0 Å². The van der Waals surface area contributed by atoms with Crippen molar-refractivity contribution >= 4 is 0 Å². The van der Waals surface area contributed by atoms with Gasteiger partial charge in [-0.3, -0.25) is 4.90 Å². The number of benzene rings is 1. The third-order valence-electron chi connectivity index (χ3n) is 3.97. The molecule has 0 heterocycles. The van der Waals surface area contributed by atoms with Gasteiger partial charge in [-0.25, -0.2) is 0 Å². The van der Waals surface area contributed by atoms with Crippen LogP contribution in [0.15, 0.2) is 24.3 Å². The van der Waals surface area contributed by atoms with E-state index in [9.17, 15) is 0 Å². The molecule has 106 valence electrons. The third-order valence-corrected chi connectivity index (χ3v) is 3.97. The first-order valence-electron chi connectivity index (χ1n) is 7.74. The predicted octanol–water partition coefficient (Wildman–Crippen LogP) is 3.21. The van der Waals surface area contributed by atoms with Gasteiger partial charge in [-0.2, -0.15) is 0 Å². The first-order valence-corrected chi connectivity index (χ1v) is 7.74. The van der Waals surface area contributed by atoms with Gasteiger partial charge in [-0.1, -0.05) is 31.2 Å². The van der Waals surface area contributed by atoms with E-state index in [0.29, 0.717) is 6.04 Å². The highest BCUT2D eigenvalue weighted by Crippen LogP contribution is 2.18. The molecule has 0 amide bonds. The van der Waals surface area contributed by atoms with Crippen molar-refractivity contribution in [2.24, 2.45) is 0 Å². The molecule has 0 atom stereocenters. The van der Waals surface area contributed by atoms with Crippen molar-refractivity contribution in [3.05, 3.63) is 35.4 Å². The predicted molar refractivity (Wildman–Crippen MR) is 82.4 cm³/mol. The lowest BCUT2D eigenvalue weighted by molar-refractivity contribution is 0.225. The maximum Gasteiger partial charge on any atom is 0.0236 e. The van der Waals surface area contributed by atoms with E-state index in [4.69, 9.17) is 0 Å². The van der Waals surface area contributed by atoms with Gasteiger partial charge < -0.3 is 5.32 Å². The second-order valence-electron chi connectivity index (χ2n) is 5.95. The molecule has 2 rings (SSSR count). The van der Waals surface area contributed by atoms with Crippen molar-refractivity contribution in [2.45, 2.75) is 58.7 Å². The molecule has 1 fully saturated rings. The van der Waals surface area contributed by atoms with Gasteiger partial charge in [0, 0.05) is 18.6 Å². The van der Waals surface area contributed by atoms with Crippen LogP contribution in [0.5, 0.6) is 0 Å². The summed E-state index contributed by atoms with van der Waals surface area (Å²) in [7, 11) is 0. The van der Waals surface area contributed by atoms with Crippen molar-refractivity contribution in [1.82, 2.24) is 10.2 Å². The minimum Gasteiger partial charge on any atom is -0.314 e. The average Bonchev–Trinajstić information content (AvgIpc) is 3.21. The van der Waals surface area contributed by atoms with Gasteiger partial charge in [-0.15, -0.1) is 0 Å². The zero-order valence-electron chi connectivity index (χ0n) is 12.7. The molecule has 0 unspecified atom stereocenters. The molecule has 1 aromatic carbocycles. The number of nitrogens with one attached hydrogen (secondary N) is 1. The highest BCUT2D eigenvalue weighted by molar-refractivity contribution is 5.22. The van der Waals surface area contributed by atoms with Crippen LogP contribution >= 0.6 is 0 Å². The standard InChI is InChI=1S/C17H28N2/c1-4-19(14(2)3)13-16-7-5-15(6-8-16)11-12-18-17-9-10-17/h5-8,14,17-18H,4,9-13H2,1-3H3. The molecule has 19 heavy (non-hydrogen) atoms. The second kappa shape index (κ2) is 7.06. The maximum absolute atomic E-state index is 3.57. The molecular weight excluding hydrogens is 232 g/mol. The quantitative estimate of drug-likeness (QED) is 0.772. The Kier molecular flexibility index (Phi) is 5.41. The molecule has 1 aliphatic carbocycles. The molecule has 2 nitrogen and oxygen atoms in total. The summed E-state index contributed by atoms with van der Waals surface area (Å²) < 4.78 is 0. The molecule has 0 bridgehead atoms. The fourth-order valence-corrected chi connectivity index (χ4v) is 2.41. The molecule has 0 aromatic heterocycles. The van der Waals surface area contributed by atoms with Gasteiger partial charge in [0.25, 0.3) is 0 Å². The Balaban J connectivity index is 1.79. The van der Waals surface area contributed by atoms with Crippen LogP contribution in [0.1, 0.15) is 44.7 Å². The van der Waals surface area contributed by atoms with Crippen LogP contribution in [-0.4, -0.2) is 30.1 Å². The zero-order valence-corrected chi connectivity index (χ0v) is 12.7. The smallest absolute Gasteiger partial charge is 0.0236 e. The second-order valence-corrected chi connectivity index (χ2v) is 5.95. The highest BCUT2D eigenvalue weighted by Gasteiger charge is 2.19. The third kappa shape index (κ3) is 4.96.